The van der Waals surface area contributed by atoms with Gasteiger partial charge in [0.1, 0.15) is 24.7 Å². The molecular weight excluding hydrogens is 708 g/mol. The van der Waals surface area contributed by atoms with Crippen LogP contribution in [0.1, 0.15) is 58.7 Å². The Hall–Kier alpha value is -5.88. The number of ether oxygens (including phenoxy) is 3. The van der Waals surface area contributed by atoms with E-state index in [1.165, 1.54) is 11.1 Å². The highest BCUT2D eigenvalue weighted by molar-refractivity contribution is 6.32. The zero-order chi connectivity index (χ0) is 38.6. The van der Waals surface area contributed by atoms with E-state index in [9.17, 15) is 4.79 Å². The highest BCUT2D eigenvalue weighted by Gasteiger charge is 2.20. The minimum Gasteiger partial charge on any atom is -0.490 e. The predicted molar refractivity (Wildman–Crippen MR) is 218 cm³/mol. The zero-order valence-electron chi connectivity index (χ0n) is 31.5. The number of halogens is 1. The normalized spacial score (nSPS) is 13.3. The second-order valence-corrected chi connectivity index (χ2v) is 14.2. The maximum absolute atomic E-state index is 13.1. The standard InChI is InChI=1S/C46H45ClN4O4/c1-33(2)40-15-17-41(18-16-40)53-26-4-5-35-6-10-37(11-7-35)31-50-22-24-51(25-23-50)45(52)21-14-39-27-34(3)46(43(47)28-39)55-44-20-19-42(30-49-44)54-32-38-12-8-36(29-48)9-13-38/h4-21,27-28,30,33H,22-26,31-32H2,1-3H3/b5-4+,21-14+. The second kappa shape index (κ2) is 18.9. The van der Waals surface area contributed by atoms with Crippen molar-refractivity contribution in [2.45, 2.75) is 39.8 Å². The fourth-order valence-electron chi connectivity index (χ4n) is 6.11. The Morgan fingerprint density at radius 1 is 0.855 bits per heavy atom. The summed E-state index contributed by atoms with van der Waals surface area (Å²) in [5, 5.41) is 9.38. The second-order valence-electron chi connectivity index (χ2n) is 13.8. The largest absolute Gasteiger partial charge is 0.490 e. The quantitative estimate of drug-likeness (QED) is 0.104. The highest BCUT2D eigenvalue weighted by atomic mass is 35.5. The average Bonchev–Trinajstić information content (AvgIpc) is 3.21. The van der Waals surface area contributed by atoms with Crippen LogP contribution in [-0.2, 0) is 17.9 Å². The first kappa shape index (κ1) is 38.8. The summed E-state index contributed by atoms with van der Waals surface area (Å²) >= 11 is 6.63. The molecule has 1 amide bonds. The number of piperazine rings is 1. The Kier molecular flexibility index (Phi) is 13.4. The van der Waals surface area contributed by atoms with E-state index in [1.54, 1.807) is 48.7 Å². The van der Waals surface area contributed by atoms with Crippen LogP contribution < -0.4 is 14.2 Å². The molecule has 0 atom stereocenters. The maximum atomic E-state index is 13.1. The Morgan fingerprint density at radius 3 is 2.22 bits per heavy atom. The highest BCUT2D eigenvalue weighted by Crippen LogP contribution is 2.34. The number of nitriles is 1. The lowest BCUT2D eigenvalue weighted by Crippen LogP contribution is -2.47. The van der Waals surface area contributed by atoms with Crippen molar-refractivity contribution in [2.24, 2.45) is 0 Å². The van der Waals surface area contributed by atoms with Gasteiger partial charge < -0.3 is 19.1 Å². The van der Waals surface area contributed by atoms with Gasteiger partial charge in [0.2, 0.25) is 11.8 Å². The molecule has 0 spiro atoms. The number of aryl methyl sites for hydroxylation is 1. The van der Waals surface area contributed by atoms with E-state index in [1.807, 2.05) is 48.2 Å². The van der Waals surface area contributed by atoms with Gasteiger partial charge in [0, 0.05) is 44.9 Å². The fourth-order valence-corrected chi connectivity index (χ4v) is 6.42. The van der Waals surface area contributed by atoms with Crippen molar-refractivity contribution in [1.29, 1.82) is 5.26 Å². The van der Waals surface area contributed by atoms with Crippen LogP contribution in [-0.4, -0.2) is 53.5 Å². The lowest BCUT2D eigenvalue weighted by Gasteiger charge is -2.34. The van der Waals surface area contributed by atoms with Gasteiger partial charge in [-0.25, -0.2) is 4.98 Å². The van der Waals surface area contributed by atoms with Gasteiger partial charge in [-0.2, -0.15) is 5.26 Å². The summed E-state index contributed by atoms with van der Waals surface area (Å²) in [5.41, 5.74) is 6.87. The van der Waals surface area contributed by atoms with Crippen LogP contribution >= 0.6 is 11.6 Å². The zero-order valence-corrected chi connectivity index (χ0v) is 32.2. The summed E-state index contributed by atoms with van der Waals surface area (Å²) in [4.78, 5) is 21.7. The molecule has 1 fully saturated rings. The fraction of sp³-hybridized carbons (Fsp3) is 0.239. The first-order valence-electron chi connectivity index (χ1n) is 18.5. The summed E-state index contributed by atoms with van der Waals surface area (Å²) in [5.74, 6) is 2.83. The average molecular weight is 753 g/mol. The number of carbonyl (C=O) groups excluding carboxylic acids is 1. The van der Waals surface area contributed by atoms with Crippen LogP contribution in [0.25, 0.3) is 12.2 Å². The van der Waals surface area contributed by atoms with E-state index in [-0.39, 0.29) is 5.91 Å². The van der Waals surface area contributed by atoms with Crippen LogP contribution in [0.15, 0.2) is 115 Å². The summed E-state index contributed by atoms with van der Waals surface area (Å²) in [6, 6.07) is 33.4. The Bertz CT molecular complexity index is 2110. The minimum absolute atomic E-state index is 0.0212. The molecule has 6 rings (SSSR count). The number of aromatic nitrogens is 1. The Balaban J connectivity index is 0.920. The number of nitrogens with zero attached hydrogens (tertiary/aromatic N) is 4. The predicted octanol–water partition coefficient (Wildman–Crippen LogP) is 9.86. The summed E-state index contributed by atoms with van der Waals surface area (Å²) < 4.78 is 17.7. The molecule has 0 bridgehead atoms. The van der Waals surface area contributed by atoms with Crippen LogP contribution in [0.4, 0.5) is 0 Å². The Morgan fingerprint density at radius 2 is 1.56 bits per heavy atom. The number of amides is 1. The number of benzene rings is 4. The van der Waals surface area contributed by atoms with E-state index in [0.717, 1.165) is 47.6 Å². The lowest BCUT2D eigenvalue weighted by molar-refractivity contribution is -0.127. The van der Waals surface area contributed by atoms with E-state index >= 15 is 0 Å². The first-order valence-corrected chi connectivity index (χ1v) is 18.8. The van der Waals surface area contributed by atoms with Crippen LogP contribution in [0.3, 0.4) is 0 Å². The van der Waals surface area contributed by atoms with Crippen molar-refractivity contribution in [2.75, 3.05) is 32.8 Å². The molecule has 4 aromatic carbocycles. The SMILES string of the molecule is Cc1cc(/C=C/C(=O)N2CCN(Cc3ccc(/C=C/COc4ccc(C(C)C)cc4)cc3)CC2)cc(Cl)c1Oc1ccc(OCc2ccc(C#N)cc2)cn1. The number of rotatable bonds is 14. The molecule has 0 N–H and O–H groups in total. The maximum Gasteiger partial charge on any atom is 0.246 e. The molecule has 1 saturated heterocycles. The summed E-state index contributed by atoms with van der Waals surface area (Å²) in [7, 11) is 0. The smallest absolute Gasteiger partial charge is 0.246 e. The molecule has 0 aliphatic carbocycles. The van der Waals surface area contributed by atoms with Gasteiger partial charge in [0.05, 0.1) is 22.9 Å². The van der Waals surface area contributed by atoms with Crippen molar-refractivity contribution in [3.8, 4) is 29.2 Å². The van der Waals surface area contributed by atoms with E-state index in [0.29, 0.717) is 60.2 Å². The molecule has 1 aromatic heterocycles. The van der Waals surface area contributed by atoms with Crippen molar-refractivity contribution < 1.29 is 19.0 Å². The lowest BCUT2D eigenvalue weighted by atomic mass is 10.0. The molecule has 0 unspecified atom stereocenters. The molecule has 5 aromatic rings. The molecule has 1 aliphatic rings. The molecule has 8 nitrogen and oxygen atoms in total. The van der Waals surface area contributed by atoms with Crippen LogP contribution in [0.2, 0.25) is 5.02 Å². The number of carbonyl (C=O) groups is 1. The first-order chi connectivity index (χ1) is 26.7. The Labute approximate surface area is 328 Å². The molecule has 280 valence electrons. The third kappa shape index (κ3) is 11.3. The van der Waals surface area contributed by atoms with Gasteiger partial charge in [-0.15, -0.1) is 0 Å². The third-order valence-electron chi connectivity index (χ3n) is 9.35. The van der Waals surface area contributed by atoms with Crippen LogP contribution in [0.5, 0.6) is 23.1 Å². The van der Waals surface area contributed by atoms with Gasteiger partial charge in [-0.05, 0) is 101 Å². The molecular formula is C46H45ClN4O4. The summed E-state index contributed by atoms with van der Waals surface area (Å²) in [6.07, 6.45) is 9.11. The van der Waals surface area contributed by atoms with Gasteiger partial charge in [0.15, 0.2) is 5.75 Å². The summed E-state index contributed by atoms with van der Waals surface area (Å²) in [6.45, 7) is 11.0. The minimum atomic E-state index is -0.0212. The number of hydrogen-bond donors (Lipinski definition) is 0. The van der Waals surface area contributed by atoms with E-state index in [2.05, 4.69) is 72.3 Å². The van der Waals surface area contributed by atoms with Crippen molar-refractivity contribution >= 4 is 29.7 Å². The molecule has 0 radical (unpaired) electrons. The third-order valence-corrected chi connectivity index (χ3v) is 9.63. The molecule has 2 heterocycles. The van der Waals surface area contributed by atoms with Crippen molar-refractivity contribution in [3.05, 3.63) is 159 Å². The van der Waals surface area contributed by atoms with Crippen molar-refractivity contribution in [3.63, 3.8) is 0 Å². The number of pyridine rings is 1. The topological polar surface area (TPSA) is 87.9 Å². The molecule has 9 heteroatoms. The number of hydrogen-bond acceptors (Lipinski definition) is 7. The van der Waals surface area contributed by atoms with E-state index < -0.39 is 0 Å². The van der Waals surface area contributed by atoms with Gasteiger partial charge in [-0.1, -0.05) is 80.1 Å². The molecule has 1 aliphatic heterocycles. The molecule has 55 heavy (non-hydrogen) atoms. The molecule has 0 saturated carbocycles. The van der Waals surface area contributed by atoms with Gasteiger partial charge >= 0.3 is 0 Å². The van der Waals surface area contributed by atoms with Crippen LogP contribution in [0, 0.1) is 18.3 Å². The van der Waals surface area contributed by atoms with Crippen molar-refractivity contribution in [1.82, 2.24) is 14.8 Å². The van der Waals surface area contributed by atoms with Gasteiger partial charge in [0.25, 0.3) is 0 Å². The monoisotopic (exact) mass is 752 g/mol. The van der Waals surface area contributed by atoms with E-state index in [4.69, 9.17) is 31.1 Å². The van der Waals surface area contributed by atoms with Gasteiger partial charge in [-0.3, -0.25) is 9.69 Å².